The van der Waals surface area contributed by atoms with Crippen LogP contribution in [0.15, 0.2) is 48.5 Å². The summed E-state index contributed by atoms with van der Waals surface area (Å²) >= 11 is 17.3. The molecule has 2 unspecified atom stereocenters. The van der Waals surface area contributed by atoms with Gasteiger partial charge in [-0.1, -0.05) is 83.3 Å². The zero-order valence-electron chi connectivity index (χ0n) is 26.9. The molecule has 0 radical (unpaired) electrons. The predicted molar refractivity (Wildman–Crippen MR) is 175 cm³/mol. The average molecular weight is 762 g/mol. The van der Waals surface area contributed by atoms with Crippen LogP contribution in [0.5, 0.6) is 0 Å². The minimum Gasteiger partial charge on any atom is -0.463 e. The minimum atomic E-state index is -2.32. The lowest BCUT2D eigenvalue weighted by atomic mass is 9.94. The maximum Gasteiger partial charge on any atom is 0.411 e. The average Bonchev–Trinajstić information content (AvgIpc) is 3.36. The third-order valence-electron chi connectivity index (χ3n) is 7.82. The number of fused-ring (bicyclic) bond motifs is 3. The highest BCUT2D eigenvalue weighted by Crippen LogP contribution is 2.44. The molecule has 7 atom stereocenters. The minimum absolute atomic E-state index is 0.230. The number of nitrogens with two attached hydrogens (primary N) is 1. The SMILES string of the molecule is CC(=O)OC[C@H]1O[C@H](O)[C@@H](N(C(=O)OCC(Cl)(Cl)Cl)C(N)C(O)C(=O)OCC2c3ccccc3-c3ccccc32)[C@@H](OC(C)=O)[C@H]1OC(C)=O. The zero-order chi connectivity index (χ0) is 36.9. The number of halogens is 3. The van der Waals surface area contributed by atoms with Gasteiger partial charge < -0.3 is 44.4 Å². The van der Waals surface area contributed by atoms with E-state index in [1.165, 1.54) is 0 Å². The molecule has 4 N–H and O–H groups in total. The molecule has 1 fully saturated rings. The van der Waals surface area contributed by atoms with Crippen LogP contribution in [0, 0.1) is 0 Å². The monoisotopic (exact) mass is 760 g/mol. The topological polar surface area (TPSA) is 210 Å². The number of esters is 4. The van der Waals surface area contributed by atoms with Gasteiger partial charge in [0.25, 0.3) is 0 Å². The molecule has 1 saturated heterocycles. The number of benzene rings is 2. The molecule has 1 heterocycles. The van der Waals surface area contributed by atoms with Crippen molar-refractivity contribution in [3.63, 3.8) is 0 Å². The number of rotatable bonds is 11. The first-order valence-corrected chi connectivity index (χ1v) is 16.2. The number of carbonyl (C=O) groups excluding carboxylic acids is 5. The summed E-state index contributed by atoms with van der Waals surface area (Å²) in [5.41, 5.74) is 9.94. The normalized spacial score (nSPS) is 22.6. The van der Waals surface area contributed by atoms with E-state index in [0.29, 0.717) is 4.90 Å². The number of hydrogen-bond acceptors (Lipinski definition) is 14. The summed E-state index contributed by atoms with van der Waals surface area (Å²) in [4.78, 5) is 63.3. The molecule has 1 aliphatic carbocycles. The second kappa shape index (κ2) is 16.5. The van der Waals surface area contributed by atoms with E-state index in [1.54, 1.807) is 0 Å². The van der Waals surface area contributed by atoms with Crippen LogP contribution in [0.4, 0.5) is 4.79 Å². The van der Waals surface area contributed by atoms with Gasteiger partial charge in [-0.15, -0.1) is 0 Å². The first-order valence-electron chi connectivity index (χ1n) is 15.1. The molecule has 0 saturated carbocycles. The van der Waals surface area contributed by atoms with Gasteiger partial charge >= 0.3 is 30.0 Å². The molecule has 18 heteroatoms. The molecule has 0 aromatic heterocycles. The van der Waals surface area contributed by atoms with Crippen molar-refractivity contribution in [1.29, 1.82) is 0 Å². The Balaban J connectivity index is 1.65. The van der Waals surface area contributed by atoms with E-state index >= 15 is 0 Å². The number of alkyl halides is 3. The molecule has 272 valence electrons. The van der Waals surface area contributed by atoms with Crippen LogP contribution in [0.1, 0.15) is 37.8 Å². The molecule has 0 bridgehead atoms. The number of amides is 1. The summed E-state index contributed by atoms with van der Waals surface area (Å²) in [6, 6.07) is 13.1. The molecular weight excluding hydrogens is 727 g/mol. The van der Waals surface area contributed by atoms with Crippen molar-refractivity contribution >= 4 is 64.8 Å². The van der Waals surface area contributed by atoms with Crippen molar-refractivity contribution in [3.8, 4) is 11.1 Å². The third-order valence-corrected chi connectivity index (χ3v) is 8.15. The van der Waals surface area contributed by atoms with Crippen LogP contribution in [0.3, 0.4) is 0 Å². The molecule has 0 spiro atoms. The summed E-state index contributed by atoms with van der Waals surface area (Å²) in [6.07, 6.45) is -13.0. The van der Waals surface area contributed by atoms with Gasteiger partial charge in [0.2, 0.25) is 3.79 Å². The van der Waals surface area contributed by atoms with Crippen LogP contribution in [0.25, 0.3) is 11.1 Å². The van der Waals surface area contributed by atoms with E-state index < -0.39 is 95.8 Å². The number of hydrogen-bond donors (Lipinski definition) is 3. The third kappa shape index (κ3) is 9.34. The highest BCUT2D eigenvalue weighted by atomic mass is 35.6. The maximum absolute atomic E-state index is 13.6. The molecule has 50 heavy (non-hydrogen) atoms. The highest BCUT2D eigenvalue weighted by Gasteiger charge is 2.56. The van der Waals surface area contributed by atoms with E-state index in [4.69, 9.17) is 69.0 Å². The predicted octanol–water partition coefficient (Wildman–Crippen LogP) is 2.31. The Morgan fingerprint density at radius 1 is 0.840 bits per heavy atom. The van der Waals surface area contributed by atoms with Crippen molar-refractivity contribution in [2.24, 2.45) is 5.73 Å². The fourth-order valence-electron chi connectivity index (χ4n) is 5.84. The standard InChI is InChI=1S/C32H35Cl3N2O13/c1-15(38)45-13-23-26(48-16(2)39)27(49-17(3)40)24(29(42)50-23)37(31(44)47-14-32(33,34)35)28(36)25(41)30(43)46-12-22-20-10-6-4-8-18(20)19-9-5-7-11-21(19)22/h4-11,22-29,41-42H,12-14,36H2,1-3H3/t23-,24+,25?,26+,27-,28?,29+/m1/s1. The highest BCUT2D eigenvalue weighted by molar-refractivity contribution is 6.67. The van der Waals surface area contributed by atoms with Gasteiger partial charge in [-0.2, -0.15) is 0 Å². The zero-order valence-corrected chi connectivity index (χ0v) is 29.2. The largest absolute Gasteiger partial charge is 0.463 e. The van der Waals surface area contributed by atoms with Gasteiger partial charge in [-0.25, -0.2) is 9.59 Å². The number of nitrogens with zero attached hydrogens (tertiary/aromatic N) is 1. The van der Waals surface area contributed by atoms with Crippen molar-refractivity contribution in [2.45, 2.75) is 73.4 Å². The number of carbonyl (C=O) groups is 5. The Bertz CT molecular complexity index is 1540. The lowest BCUT2D eigenvalue weighted by molar-refractivity contribution is -0.281. The van der Waals surface area contributed by atoms with E-state index in [0.717, 1.165) is 43.0 Å². The van der Waals surface area contributed by atoms with Gasteiger partial charge in [0.1, 0.15) is 38.1 Å². The molecule has 2 aromatic carbocycles. The lowest BCUT2D eigenvalue weighted by Crippen LogP contribution is -2.71. The van der Waals surface area contributed by atoms with Crippen LogP contribution in [-0.2, 0) is 47.6 Å². The summed E-state index contributed by atoms with van der Waals surface area (Å²) in [5, 5.41) is 22.4. The Morgan fingerprint density at radius 3 is 1.90 bits per heavy atom. The van der Waals surface area contributed by atoms with Crippen LogP contribution < -0.4 is 5.73 Å². The van der Waals surface area contributed by atoms with E-state index in [2.05, 4.69) is 0 Å². The van der Waals surface area contributed by atoms with Gasteiger partial charge in [-0.05, 0) is 22.3 Å². The molecule has 4 rings (SSSR count). The molecule has 1 aliphatic heterocycles. The second-order valence-corrected chi connectivity index (χ2v) is 13.9. The summed E-state index contributed by atoms with van der Waals surface area (Å²) in [6.45, 7) is 1.35. The molecule has 15 nitrogen and oxygen atoms in total. The van der Waals surface area contributed by atoms with Gasteiger partial charge in [0.05, 0.1) is 0 Å². The maximum atomic E-state index is 13.6. The Labute approximate surface area is 301 Å². The Morgan fingerprint density at radius 2 is 1.38 bits per heavy atom. The molecule has 1 amide bonds. The number of aliphatic hydroxyl groups is 2. The second-order valence-electron chi connectivity index (χ2n) is 11.4. The fraction of sp³-hybridized carbons (Fsp3) is 0.469. The van der Waals surface area contributed by atoms with Crippen molar-refractivity contribution in [3.05, 3.63) is 59.7 Å². The molecule has 2 aliphatic rings. The van der Waals surface area contributed by atoms with Gasteiger partial charge in [0, 0.05) is 26.7 Å². The van der Waals surface area contributed by atoms with Crippen LogP contribution in [0.2, 0.25) is 0 Å². The van der Waals surface area contributed by atoms with Crippen molar-refractivity contribution in [2.75, 3.05) is 19.8 Å². The summed E-state index contributed by atoms with van der Waals surface area (Å²) in [5.74, 6) is -4.36. The quantitative estimate of drug-likeness (QED) is 0.130. The fourth-order valence-corrected chi connectivity index (χ4v) is 6.00. The summed E-state index contributed by atoms with van der Waals surface area (Å²) in [7, 11) is 0. The van der Waals surface area contributed by atoms with E-state index in [-0.39, 0.29) is 6.61 Å². The van der Waals surface area contributed by atoms with Crippen molar-refractivity contribution in [1.82, 2.24) is 4.90 Å². The van der Waals surface area contributed by atoms with Crippen LogP contribution in [-0.4, -0.2) is 112 Å². The van der Waals surface area contributed by atoms with Crippen LogP contribution >= 0.6 is 34.8 Å². The number of ether oxygens (including phenoxy) is 6. The molecule has 2 aromatic rings. The van der Waals surface area contributed by atoms with Crippen molar-refractivity contribution < 1.29 is 62.6 Å². The number of aliphatic hydroxyl groups excluding tert-OH is 2. The van der Waals surface area contributed by atoms with Gasteiger partial charge in [-0.3, -0.25) is 19.3 Å². The first kappa shape index (κ1) is 39.1. The lowest BCUT2D eigenvalue weighted by Gasteiger charge is -2.48. The smallest absolute Gasteiger partial charge is 0.411 e. The first-order chi connectivity index (χ1) is 23.5. The van der Waals surface area contributed by atoms with Gasteiger partial charge in [0.15, 0.2) is 24.6 Å². The molecular formula is C32H35Cl3N2O13. The van der Waals surface area contributed by atoms with E-state index in [1.807, 2.05) is 48.5 Å². The Kier molecular flexibility index (Phi) is 12.9. The summed E-state index contributed by atoms with van der Waals surface area (Å²) < 4.78 is 29.7. The Hall–Kier alpha value is -3.70. The van der Waals surface area contributed by atoms with E-state index in [9.17, 15) is 34.2 Å².